The molecule has 0 unspecified atom stereocenters. The van der Waals surface area contributed by atoms with Crippen LogP contribution >= 0.6 is 0 Å². The fourth-order valence-corrected chi connectivity index (χ4v) is 2.21. The van der Waals surface area contributed by atoms with Crippen LogP contribution in [-0.2, 0) is 0 Å². The Bertz CT molecular complexity index is 213. The third kappa shape index (κ3) is 1.86. The van der Waals surface area contributed by atoms with Crippen LogP contribution in [0.15, 0.2) is 11.3 Å². The van der Waals surface area contributed by atoms with Gasteiger partial charge in [-0.15, -0.1) is 0 Å². The van der Waals surface area contributed by atoms with E-state index in [2.05, 4.69) is 10.4 Å². The number of hydrogen-bond acceptors (Lipinski definition) is 3. The summed E-state index contributed by atoms with van der Waals surface area (Å²) in [6.07, 6.45) is 5.90. The van der Waals surface area contributed by atoms with Crippen molar-refractivity contribution in [3.05, 3.63) is 11.3 Å². The summed E-state index contributed by atoms with van der Waals surface area (Å²) in [6, 6.07) is 0. The first kappa shape index (κ1) is 9.03. The van der Waals surface area contributed by atoms with E-state index in [-0.39, 0.29) is 6.61 Å². The lowest BCUT2D eigenvalue weighted by Crippen LogP contribution is -2.40. The Morgan fingerprint density at radius 2 is 2.15 bits per heavy atom. The number of fused-ring (bicyclic) bond motifs is 1. The molecule has 0 saturated carbocycles. The molecule has 0 aromatic carbocycles. The van der Waals surface area contributed by atoms with E-state index in [1.54, 1.807) is 0 Å². The molecule has 0 atom stereocenters. The van der Waals surface area contributed by atoms with Gasteiger partial charge in [0.05, 0.1) is 6.61 Å². The van der Waals surface area contributed by atoms with Crippen LogP contribution in [0.1, 0.15) is 32.1 Å². The third-order valence-electron chi connectivity index (χ3n) is 2.93. The molecular formula is C10H18N2O. The van der Waals surface area contributed by atoms with Gasteiger partial charge in [-0.25, -0.2) is 5.43 Å². The number of hydrazine groups is 1. The zero-order valence-corrected chi connectivity index (χ0v) is 8.05. The second-order valence-corrected chi connectivity index (χ2v) is 3.83. The van der Waals surface area contributed by atoms with Crippen molar-refractivity contribution in [2.45, 2.75) is 32.1 Å². The van der Waals surface area contributed by atoms with Crippen molar-refractivity contribution in [2.24, 2.45) is 0 Å². The van der Waals surface area contributed by atoms with E-state index in [1.165, 1.54) is 30.5 Å². The van der Waals surface area contributed by atoms with Crippen molar-refractivity contribution in [2.75, 3.05) is 19.7 Å². The van der Waals surface area contributed by atoms with E-state index >= 15 is 0 Å². The number of nitrogens with one attached hydrogen (secondary N) is 1. The van der Waals surface area contributed by atoms with Gasteiger partial charge in [-0.1, -0.05) is 0 Å². The smallest absolute Gasteiger partial charge is 0.0661 e. The molecule has 0 radical (unpaired) electrons. The molecule has 74 valence electrons. The monoisotopic (exact) mass is 182 g/mol. The number of allylic oxidation sites excluding steroid dienone is 1. The molecule has 2 heterocycles. The predicted molar refractivity (Wildman–Crippen MR) is 51.9 cm³/mol. The lowest BCUT2D eigenvalue weighted by Gasteiger charge is -2.32. The Balaban J connectivity index is 2.18. The van der Waals surface area contributed by atoms with Gasteiger partial charge in [0.25, 0.3) is 0 Å². The highest BCUT2D eigenvalue weighted by molar-refractivity contribution is 5.16. The molecule has 1 fully saturated rings. The van der Waals surface area contributed by atoms with Crippen molar-refractivity contribution >= 4 is 0 Å². The minimum absolute atomic E-state index is 0.244. The van der Waals surface area contributed by atoms with Crippen molar-refractivity contribution in [1.29, 1.82) is 0 Å². The normalized spacial score (nSPS) is 24.2. The van der Waals surface area contributed by atoms with Crippen molar-refractivity contribution in [1.82, 2.24) is 10.4 Å². The summed E-state index contributed by atoms with van der Waals surface area (Å²) in [5, 5.41) is 11.5. The van der Waals surface area contributed by atoms with Crippen LogP contribution in [0.25, 0.3) is 0 Å². The third-order valence-corrected chi connectivity index (χ3v) is 2.93. The zero-order valence-electron chi connectivity index (χ0n) is 8.05. The highest BCUT2D eigenvalue weighted by atomic mass is 16.3. The minimum Gasteiger partial charge on any atom is -0.392 e. The highest BCUT2D eigenvalue weighted by Gasteiger charge is 2.20. The van der Waals surface area contributed by atoms with Gasteiger partial charge in [0, 0.05) is 18.8 Å². The van der Waals surface area contributed by atoms with Gasteiger partial charge < -0.3 is 10.1 Å². The quantitative estimate of drug-likeness (QED) is 0.635. The standard InChI is InChI=1S/C10H18N2O/c13-8-9-4-3-7-12-10(9)5-1-2-6-11-12/h11,13H,1-8H2. The average Bonchev–Trinajstić information content (AvgIpc) is 2.41. The van der Waals surface area contributed by atoms with Crippen molar-refractivity contribution in [3.63, 3.8) is 0 Å². The van der Waals surface area contributed by atoms with Crippen molar-refractivity contribution < 1.29 is 5.11 Å². The molecule has 0 amide bonds. The van der Waals surface area contributed by atoms with E-state index in [1.807, 2.05) is 0 Å². The van der Waals surface area contributed by atoms with Gasteiger partial charge in [-0.2, -0.15) is 0 Å². The SMILES string of the molecule is OCC1=C2CCCCNN2CCC1. The maximum absolute atomic E-state index is 9.21. The number of hydrogen-bond donors (Lipinski definition) is 2. The van der Waals surface area contributed by atoms with Crippen LogP contribution in [-0.4, -0.2) is 29.8 Å². The largest absolute Gasteiger partial charge is 0.392 e. The number of rotatable bonds is 1. The first-order valence-corrected chi connectivity index (χ1v) is 5.24. The van der Waals surface area contributed by atoms with E-state index < -0.39 is 0 Å². The summed E-state index contributed by atoms with van der Waals surface area (Å²) in [4.78, 5) is 0. The van der Waals surface area contributed by atoms with Crippen molar-refractivity contribution in [3.8, 4) is 0 Å². The summed E-state index contributed by atoms with van der Waals surface area (Å²) in [5.74, 6) is 0. The molecule has 3 nitrogen and oxygen atoms in total. The number of nitrogens with zero attached hydrogens (tertiary/aromatic N) is 1. The van der Waals surface area contributed by atoms with Crippen LogP contribution < -0.4 is 5.43 Å². The maximum Gasteiger partial charge on any atom is 0.0661 e. The van der Waals surface area contributed by atoms with Gasteiger partial charge >= 0.3 is 0 Å². The zero-order chi connectivity index (χ0) is 9.10. The summed E-state index contributed by atoms with van der Waals surface area (Å²) in [7, 11) is 0. The molecule has 1 saturated heterocycles. The highest BCUT2D eigenvalue weighted by Crippen LogP contribution is 2.25. The maximum atomic E-state index is 9.21. The van der Waals surface area contributed by atoms with Crippen LogP contribution in [0, 0.1) is 0 Å². The molecule has 2 aliphatic heterocycles. The van der Waals surface area contributed by atoms with Gasteiger partial charge in [0.15, 0.2) is 0 Å². The lowest BCUT2D eigenvalue weighted by molar-refractivity contribution is 0.218. The van der Waals surface area contributed by atoms with Gasteiger partial charge in [0.2, 0.25) is 0 Å². The molecule has 13 heavy (non-hydrogen) atoms. The topological polar surface area (TPSA) is 35.5 Å². The lowest BCUT2D eigenvalue weighted by atomic mass is 10.0. The molecule has 3 heteroatoms. The molecule has 2 N–H and O–H groups in total. The van der Waals surface area contributed by atoms with Crippen LogP contribution in [0.4, 0.5) is 0 Å². The Hall–Kier alpha value is -0.540. The Kier molecular flexibility index (Phi) is 2.86. The number of aliphatic hydroxyl groups is 1. The summed E-state index contributed by atoms with van der Waals surface area (Å²) < 4.78 is 0. The fourth-order valence-electron chi connectivity index (χ4n) is 2.21. The molecular weight excluding hydrogens is 164 g/mol. The Labute approximate surface area is 79.4 Å². The van der Waals surface area contributed by atoms with E-state index in [0.29, 0.717) is 0 Å². The van der Waals surface area contributed by atoms with Crippen LogP contribution in [0.5, 0.6) is 0 Å². The van der Waals surface area contributed by atoms with E-state index in [9.17, 15) is 5.11 Å². The summed E-state index contributed by atoms with van der Waals surface area (Å²) in [6.45, 7) is 2.44. The molecule has 0 aromatic heterocycles. The molecule has 0 aliphatic carbocycles. The van der Waals surface area contributed by atoms with E-state index in [4.69, 9.17) is 0 Å². The molecule has 0 spiro atoms. The van der Waals surface area contributed by atoms with Gasteiger partial charge in [-0.3, -0.25) is 0 Å². The fraction of sp³-hybridized carbons (Fsp3) is 0.800. The summed E-state index contributed by atoms with van der Waals surface area (Å²) >= 11 is 0. The first-order valence-electron chi connectivity index (χ1n) is 5.24. The van der Waals surface area contributed by atoms with Gasteiger partial charge in [-0.05, 0) is 37.7 Å². The molecule has 2 rings (SSSR count). The molecule has 2 aliphatic rings. The minimum atomic E-state index is 0.244. The van der Waals surface area contributed by atoms with Gasteiger partial charge in [0.1, 0.15) is 0 Å². The van der Waals surface area contributed by atoms with E-state index in [0.717, 1.165) is 25.9 Å². The number of aliphatic hydroxyl groups excluding tert-OH is 1. The second kappa shape index (κ2) is 4.11. The Morgan fingerprint density at radius 3 is 3.00 bits per heavy atom. The Morgan fingerprint density at radius 1 is 1.23 bits per heavy atom. The first-order chi connectivity index (χ1) is 6.42. The average molecular weight is 182 g/mol. The van der Waals surface area contributed by atoms with Crippen LogP contribution in [0.3, 0.4) is 0 Å². The molecule has 0 aromatic rings. The summed E-state index contributed by atoms with van der Waals surface area (Å²) in [5.41, 5.74) is 6.03. The molecule has 0 bridgehead atoms. The predicted octanol–water partition coefficient (Wildman–Crippen LogP) is 1.02. The second-order valence-electron chi connectivity index (χ2n) is 3.83. The van der Waals surface area contributed by atoms with Crippen LogP contribution in [0.2, 0.25) is 0 Å².